The summed E-state index contributed by atoms with van der Waals surface area (Å²) >= 11 is 6.51. The van der Waals surface area contributed by atoms with E-state index in [9.17, 15) is 9.59 Å². The molecule has 0 radical (unpaired) electrons. The lowest BCUT2D eigenvalue weighted by Gasteiger charge is -2.40. The number of rotatable bonds is 11. The highest BCUT2D eigenvalue weighted by Gasteiger charge is 2.43. The molecule has 240 valence electrons. The summed E-state index contributed by atoms with van der Waals surface area (Å²) in [6.07, 6.45) is 2.99. The average molecular weight is 633 g/mol. The monoisotopic (exact) mass is 632 g/mol. The molecular formula is C37H45ClN2O5. The number of amides is 2. The zero-order valence-corrected chi connectivity index (χ0v) is 27.6. The Hall–Kier alpha value is -3.55. The molecule has 1 saturated heterocycles. The lowest BCUT2D eigenvalue weighted by Crippen LogP contribution is -2.51. The summed E-state index contributed by atoms with van der Waals surface area (Å²) in [6.45, 7) is 8.00. The summed E-state index contributed by atoms with van der Waals surface area (Å²) in [5, 5.41) is 0.571. The third kappa shape index (κ3) is 9.01. The zero-order valence-electron chi connectivity index (χ0n) is 26.8. The number of halogens is 1. The van der Waals surface area contributed by atoms with Crippen LogP contribution in [0.1, 0.15) is 63.5 Å². The Labute approximate surface area is 272 Å². The Morgan fingerprint density at radius 2 is 1.69 bits per heavy atom. The van der Waals surface area contributed by atoms with Gasteiger partial charge in [0.2, 0.25) is 5.91 Å². The van der Waals surface area contributed by atoms with Crippen molar-refractivity contribution in [2.75, 3.05) is 33.4 Å². The highest BCUT2D eigenvalue weighted by Crippen LogP contribution is 2.39. The SMILES string of the molecule is COCCCOc1cc(Cl)cc(CN(C(=O)[C@H]2CN(C(=O)OC(C)(C)C)CC[C@@H]2c2cccc(-c3ccccc3)c2)C2CC2)c1. The standard InChI is InChI=1S/C37H45ClN2O5/c1-37(2,3)45-36(42)39-17-16-33(29-13-8-12-28(22-29)27-10-6-5-7-11-27)34(25-39)35(41)40(31-14-15-31)24-26-20-30(38)23-32(21-26)44-19-9-18-43-4/h5-8,10-13,20-23,31,33-34H,9,14-19,24-25H2,1-4H3/t33-,34+/m1/s1. The summed E-state index contributed by atoms with van der Waals surface area (Å²) in [4.78, 5) is 31.6. The molecule has 3 aromatic rings. The van der Waals surface area contributed by atoms with Gasteiger partial charge in [-0.05, 0) is 86.4 Å². The van der Waals surface area contributed by atoms with E-state index >= 15 is 0 Å². The molecule has 8 heteroatoms. The molecule has 2 fully saturated rings. The number of likely N-dealkylation sites (tertiary alicyclic amines) is 1. The van der Waals surface area contributed by atoms with Crippen molar-refractivity contribution in [3.05, 3.63) is 88.9 Å². The number of carbonyl (C=O) groups is 2. The second kappa shape index (κ2) is 14.7. The van der Waals surface area contributed by atoms with E-state index in [2.05, 4.69) is 36.4 Å². The third-order valence-electron chi connectivity index (χ3n) is 8.32. The van der Waals surface area contributed by atoms with Crippen LogP contribution in [-0.2, 0) is 20.8 Å². The molecular weight excluding hydrogens is 588 g/mol. The molecule has 0 N–H and O–H groups in total. The number of benzene rings is 3. The fraction of sp³-hybridized carbons (Fsp3) is 0.459. The van der Waals surface area contributed by atoms with Gasteiger partial charge in [-0.15, -0.1) is 0 Å². The number of hydrogen-bond donors (Lipinski definition) is 0. The Morgan fingerprint density at radius 3 is 2.40 bits per heavy atom. The van der Waals surface area contributed by atoms with E-state index in [0.717, 1.165) is 41.5 Å². The molecule has 2 atom stereocenters. The maximum Gasteiger partial charge on any atom is 0.410 e. The Balaban J connectivity index is 1.42. The molecule has 0 unspecified atom stereocenters. The maximum absolute atomic E-state index is 14.7. The summed E-state index contributed by atoms with van der Waals surface area (Å²) in [5.74, 6) is 0.284. The van der Waals surface area contributed by atoms with E-state index in [1.807, 2.05) is 56.0 Å². The fourth-order valence-electron chi connectivity index (χ4n) is 6.04. The van der Waals surface area contributed by atoms with Gasteiger partial charge in [0.25, 0.3) is 0 Å². The topological polar surface area (TPSA) is 68.3 Å². The van der Waals surface area contributed by atoms with Crippen LogP contribution in [0.2, 0.25) is 5.02 Å². The van der Waals surface area contributed by atoms with Crippen molar-refractivity contribution in [2.24, 2.45) is 5.92 Å². The lowest BCUT2D eigenvalue weighted by atomic mass is 9.79. The fourth-order valence-corrected chi connectivity index (χ4v) is 6.29. The zero-order chi connectivity index (χ0) is 32.0. The summed E-state index contributed by atoms with van der Waals surface area (Å²) in [7, 11) is 1.67. The first-order chi connectivity index (χ1) is 21.6. The highest BCUT2D eigenvalue weighted by atomic mass is 35.5. The minimum absolute atomic E-state index is 0.0415. The van der Waals surface area contributed by atoms with Crippen molar-refractivity contribution in [1.29, 1.82) is 0 Å². The van der Waals surface area contributed by atoms with Gasteiger partial charge in [0, 0.05) is 50.8 Å². The maximum atomic E-state index is 14.7. The predicted molar refractivity (Wildman–Crippen MR) is 178 cm³/mol. The number of piperidine rings is 1. The van der Waals surface area contributed by atoms with Crippen LogP contribution in [0.5, 0.6) is 5.75 Å². The Morgan fingerprint density at radius 1 is 0.933 bits per heavy atom. The van der Waals surface area contributed by atoms with Gasteiger partial charge in [0.15, 0.2) is 0 Å². The average Bonchev–Trinajstić information content (AvgIpc) is 3.86. The molecule has 2 aliphatic rings. The number of hydrogen-bond acceptors (Lipinski definition) is 5. The summed E-state index contributed by atoms with van der Waals surface area (Å²) < 4.78 is 16.8. The van der Waals surface area contributed by atoms with Gasteiger partial charge in [-0.1, -0.05) is 66.2 Å². The van der Waals surface area contributed by atoms with Gasteiger partial charge in [-0.3, -0.25) is 4.79 Å². The van der Waals surface area contributed by atoms with E-state index < -0.39 is 11.5 Å². The molecule has 3 aromatic carbocycles. The second-order valence-electron chi connectivity index (χ2n) is 13.1. The van der Waals surface area contributed by atoms with Crippen LogP contribution in [0.4, 0.5) is 4.79 Å². The van der Waals surface area contributed by atoms with Crippen molar-refractivity contribution < 1.29 is 23.8 Å². The van der Waals surface area contributed by atoms with Gasteiger partial charge in [-0.25, -0.2) is 4.79 Å². The molecule has 2 amide bonds. The van der Waals surface area contributed by atoms with E-state index in [-0.39, 0.29) is 24.0 Å². The van der Waals surface area contributed by atoms with Crippen molar-refractivity contribution in [3.8, 4) is 16.9 Å². The van der Waals surface area contributed by atoms with Gasteiger partial charge in [0.1, 0.15) is 11.4 Å². The van der Waals surface area contributed by atoms with Crippen molar-refractivity contribution in [1.82, 2.24) is 9.80 Å². The first-order valence-electron chi connectivity index (χ1n) is 16.0. The van der Waals surface area contributed by atoms with Crippen LogP contribution in [0, 0.1) is 5.92 Å². The van der Waals surface area contributed by atoms with Crippen LogP contribution in [-0.4, -0.2) is 66.9 Å². The second-order valence-corrected chi connectivity index (χ2v) is 13.5. The first-order valence-corrected chi connectivity index (χ1v) is 16.3. The molecule has 1 saturated carbocycles. The van der Waals surface area contributed by atoms with Crippen molar-refractivity contribution in [3.63, 3.8) is 0 Å². The highest BCUT2D eigenvalue weighted by molar-refractivity contribution is 6.30. The normalized spacial score (nSPS) is 18.4. The van der Waals surface area contributed by atoms with E-state index in [1.54, 1.807) is 18.1 Å². The molecule has 45 heavy (non-hydrogen) atoms. The van der Waals surface area contributed by atoms with Crippen LogP contribution in [0.15, 0.2) is 72.8 Å². The molecule has 1 heterocycles. The quantitative estimate of drug-likeness (QED) is 0.201. The third-order valence-corrected chi connectivity index (χ3v) is 8.54. The predicted octanol–water partition coefficient (Wildman–Crippen LogP) is 7.95. The van der Waals surface area contributed by atoms with Crippen LogP contribution in [0.3, 0.4) is 0 Å². The minimum atomic E-state index is -0.618. The minimum Gasteiger partial charge on any atom is -0.493 e. The molecule has 0 spiro atoms. The Bertz CT molecular complexity index is 1450. The van der Waals surface area contributed by atoms with E-state index in [4.69, 9.17) is 25.8 Å². The van der Waals surface area contributed by atoms with E-state index in [0.29, 0.717) is 50.0 Å². The molecule has 5 rings (SSSR count). The Kier molecular flexibility index (Phi) is 10.7. The van der Waals surface area contributed by atoms with Gasteiger partial charge in [-0.2, -0.15) is 0 Å². The van der Waals surface area contributed by atoms with Crippen LogP contribution >= 0.6 is 11.6 Å². The smallest absolute Gasteiger partial charge is 0.410 e. The number of carbonyl (C=O) groups excluding carboxylic acids is 2. The number of ether oxygens (including phenoxy) is 3. The first kappa shape index (κ1) is 32.8. The van der Waals surface area contributed by atoms with Gasteiger partial charge in [0.05, 0.1) is 12.5 Å². The number of methoxy groups -OCH3 is 1. The molecule has 0 aromatic heterocycles. The number of nitrogens with zero attached hydrogens (tertiary/aromatic N) is 2. The molecule has 1 aliphatic carbocycles. The van der Waals surface area contributed by atoms with Crippen molar-refractivity contribution >= 4 is 23.6 Å². The molecule has 1 aliphatic heterocycles. The van der Waals surface area contributed by atoms with Crippen LogP contribution in [0.25, 0.3) is 11.1 Å². The van der Waals surface area contributed by atoms with E-state index in [1.165, 1.54) is 0 Å². The van der Waals surface area contributed by atoms with Gasteiger partial charge < -0.3 is 24.0 Å². The molecule has 7 nitrogen and oxygen atoms in total. The van der Waals surface area contributed by atoms with Gasteiger partial charge >= 0.3 is 6.09 Å². The van der Waals surface area contributed by atoms with Crippen LogP contribution < -0.4 is 4.74 Å². The summed E-state index contributed by atoms with van der Waals surface area (Å²) in [6, 6.07) is 24.6. The summed E-state index contributed by atoms with van der Waals surface area (Å²) in [5.41, 5.74) is 3.67. The lowest BCUT2D eigenvalue weighted by molar-refractivity contribution is -0.139. The molecule has 0 bridgehead atoms. The van der Waals surface area contributed by atoms with Crippen molar-refractivity contribution in [2.45, 2.75) is 70.6 Å². The largest absolute Gasteiger partial charge is 0.493 e.